The lowest BCUT2D eigenvalue weighted by molar-refractivity contribution is -0.135. The zero-order valence-corrected chi connectivity index (χ0v) is 11.6. The van der Waals surface area contributed by atoms with E-state index in [1.54, 1.807) is 10.6 Å². The molecule has 0 aliphatic heterocycles. The molecule has 2 aromatic carbocycles. The summed E-state index contributed by atoms with van der Waals surface area (Å²) in [5.41, 5.74) is 5.20. The number of carbonyl (C=O) groups is 3. The molecule has 0 fully saturated rings. The fourth-order valence-corrected chi connectivity index (χ4v) is 1.65. The molecule has 0 aliphatic rings. The molecule has 0 heterocycles. The zero-order valence-electron chi connectivity index (χ0n) is 11.6. The number of hydrogen-bond donors (Lipinski definition) is 3. The first-order chi connectivity index (χ1) is 10.9. The largest absolute Gasteiger partial charge is 0.399 e. The van der Waals surface area contributed by atoms with Gasteiger partial charge in [0.15, 0.2) is 0 Å². The normalized spacial score (nSPS) is 10.0. The predicted octanol–water partition coefficient (Wildman–Crippen LogP) is 1.44. The number of anilines is 2. The summed E-state index contributed by atoms with van der Waals surface area (Å²) in [5.74, 6) is -5.67. The number of rotatable bonds is 2. The Kier molecular flexibility index (Phi) is 4.65. The maximum atomic E-state index is 13.4. The first-order valence-corrected chi connectivity index (χ1v) is 6.34. The highest BCUT2D eigenvalue weighted by Crippen LogP contribution is 2.17. The molecule has 2 aromatic rings. The molecule has 0 unspecified atom stereocenters. The van der Waals surface area contributed by atoms with Crippen molar-refractivity contribution in [1.29, 1.82) is 0 Å². The van der Waals surface area contributed by atoms with E-state index in [-0.39, 0.29) is 5.56 Å². The topological polar surface area (TPSA) is 101 Å². The van der Waals surface area contributed by atoms with Crippen molar-refractivity contribution in [3.8, 4) is 0 Å². The van der Waals surface area contributed by atoms with E-state index in [4.69, 9.17) is 5.73 Å². The highest BCUT2D eigenvalue weighted by molar-refractivity contribution is 6.42. The van der Waals surface area contributed by atoms with Crippen molar-refractivity contribution in [2.75, 3.05) is 11.1 Å². The number of para-hydroxylation sites is 1. The molecule has 0 spiro atoms. The summed E-state index contributed by atoms with van der Waals surface area (Å²) >= 11 is 0. The lowest BCUT2D eigenvalue weighted by Crippen LogP contribution is -2.39. The van der Waals surface area contributed by atoms with Crippen molar-refractivity contribution in [2.24, 2.45) is 0 Å². The molecule has 118 valence electrons. The first kappa shape index (κ1) is 16.1. The molecular formula is C15H11F2N3O3. The molecular weight excluding hydrogens is 308 g/mol. The van der Waals surface area contributed by atoms with Crippen LogP contribution < -0.4 is 16.4 Å². The molecule has 0 aromatic heterocycles. The maximum absolute atomic E-state index is 13.4. The summed E-state index contributed by atoms with van der Waals surface area (Å²) in [7, 11) is 0. The van der Waals surface area contributed by atoms with E-state index < -0.39 is 35.0 Å². The summed E-state index contributed by atoms with van der Waals surface area (Å²) in [6.45, 7) is 0. The van der Waals surface area contributed by atoms with Crippen molar-refractivity contribution in [3.05, 3.63) is 59.7 Å². The van der Waals surface area contributed by atoms with Crippen LogP contribution in [0, 0.1) is 11.6 Å². The summed E-state index contributed by atoms with van der Waals surface area (Å²) < 4.78 is 26.7. The van der Waals surface area contributed by atoms with Gasteiger partial charge in [0.1, 0.15) is 17.3 Å². The molecule has 0 radical (unpaired) electrons. The number of nitrogens with two attached hydrogens (primary N) is 1. The summed E-state index contributed by atoms with van der Waals surface area (Å²) in [6, 6.07) is 8.51. The van der Waals surface area contributed by atoms with Crippen LogP contribution in [-0.4, -0.2) is 17.7 Å². The molecule has 3 amide bonds. The van der Waals surface area contributed by atoms with Gasteiger partial charge >= 0.3 is 11.8 Å². The van der Waals surface area contributed by atoms with Crippen LogP contribution in [0.4, 0.5) is 20.2 Å². The smallest absolute Gasteiger partial charge is 0.316 e. The van der Waals surface area contributed by atoms with Crippen LogP contribution in [0.3, 0.4) is 0 Å². The third kappa shape index (κ3) is 3.88. The van der Waals surface area contributed by atoms with E-state index in [1.165, 1.54) is 24.3 Å². The number of hydrogen-bond acceptors (Lipinski definition) is 4. The third-order valence-corrected chi connectivity index (χ3v) is 2.81. The summed E-state index contributed by atoms with van der Waals surface area (Å²) in [4.78, 5) is 35.0. The van der Waals surface area contributed by atoms with Gasteiger partial charge in [-0.2, -0.15) is 0 Å². The van der Waals surface area contributed by atoms with E-state index in [1.807, 2.05) is 0 Å². The Hall–Kier alpha value is -3.29. The maximum Gasteiger partial charge on any atom is 0.316 e. The summed E-state index contributed by atoms with van der Waals surface area (Å²) in [6.07, 6.45) is 0. The average molecular weight is 319 g/mol. The molecule has 6 nitrogen and oxygen atoms in total. The molecule has 0 aliphatic carbocycles. The second kappa shape index (κ2) is 6.65. The van der Waals surface area contributed by atoms with Crippen LogP contribution in [0.25, 0.3) is 0 Å². The first-order valence-electron chi connectivity index (χ1n) is 6.34. The average Bonchev–Trinajstić information content (AvgIpc) is 2.51. The Morgan fingerprint density at radius 2 is 1.43 bits per heavy atom. The minimum atomic E-state index is -1.38. The fourth-order valence-electron chi connectivity index (χ4n) is 1.65. The van der Waals surface area contributed by atoms with Gasteiger partial charge in [0.25, 0.3) is 5.91 Å². The monoisotopic (exact) mass is 319 g/mol. The van der Waals surface area contributed by atoms with E-state index in [0.29, 0.717) is 5.69 Å². The van der Waals surface area contributed by atoms with E-state index in [0.717, 1.165) is 18.2 Å². The minimum absolute atomic E-state index is 0.0948. The molecule has 0 saturated carbocycles. The second-order valence-corrected chi connectivity index (χ2v) is 4.46. The van der Waals surface area contributed by atoms with Crippen molar-refractivity contribution < 1.29 is 23.2 Å². The van der Waals surface area contributed by atoms with Crippen molar-refractivity contribution in [1.82, 2.24) is 5.32 Å². The number of imide groups is 1. The van der Waals surface area contributed by atoms with Crippen LogP contribution in [0.15, 0.2) is 42.5 Å². The van der Waals surface area contributed by atoms with E-state index in [2.05, 4.69) is 0 Å². The van der Waals surface area contributed by atoms with Gasteiger partial charge in [0, 0.05) is 11.3 Å². The predicted molar refractivity (Wildman–Crippen MR) is 78.3 cm³/mol. The van der Waals surface area contributed by atoms with E-state index >= 15 is 0 Å². The van der Waals surface area contributed by atoms with Crippen LogP contribution in [0.2, 0.25) is 0 Å². The number of benzene rings is 2. The standard InChI is InChI=1S/C15H11F2N3O3/c16-10-2-1-3-11(17)12(10)19-14(22)15(23)20-13(21)8-4-6-9(18)7-5-8/h1-7H,18H2,(H,19,22)(H,20,21,23). The fraction of sp³-hybridized carbons (Fsp3) is 0. The van der Waals surface area contributed by atoms with Crippen LogP contribution in [0.5, 0.6) is 0 Å². The number of carbonyl (C=O) groups excluding carboxylic acids is 3. The van der Waals surface area contributed by atoms with Gasteiger partial charge in [-0.3, -0.25) is 19.7 Å². The van der Waals surface area contributed by atoms with Crippen LogP contribution in [-0.2, 0) is 9.59 Å². The molecule has 0 atom stereocenters. The number of nitrogen functional groups attached to an aromatic ring is 1. The number of halogens is 2. The summed E-state index contributed by atoms with van der Waals surface area (Å²) in [5, 5.41) is 3.57. The molecule has 2 rings (SSSR count). The lowest BCUT2D eigenvalue weighted by Gasteiger charge is -2.07. The van der Waals surface area contributed by atoms with Crippen LogP contribution in [0.1, 0.15) is 10.4 Å². The van der Waals surface area contributed by atoms with Crippen molar-refractivity contribution in [3.63, 3.8) is 0 Å². The van der Waals surface area contributed by atoms with Gasteiger partial charge in [0.05, 0.1) is 0 Å². The molecule has 0 saturated heterocycles. The zero-order chi connectivity index (χ0) is 17.0. The Morgan fingerprint density at radius 3 is 2.00 bits per heavy atom. The second-order valence-electron chi connectivity index (χ2n) is 4.46. The van der Waals surface area contributed by atoms with Gasteiger partial charge in [-0.1, -0.05) is 6.07 Å². The highest BCUT2D eigenvalue weighted by atomic mass is 19.1. The van der Waals surface area contributed by atoms with E-state index in [9.17, 15) is 23.2 Å². The number of amides is 3. The van der Waals surface area contributed by atoms with Gasteiger partial charge < -0.3 is 11.1 Å². The Labute approximate surface area is 129 Å². The highest BCUT2D eigenvalue weighted by Gasteiger charge is 2.20. The lowest BCUT2D eigenvalue weighted by atomic mass is 10.2. The minimum Gasteiger partial charge on any atom is -0.399 e. The molecule has 4 N–H and O–H groups in total. The molecule has 8 heteroatoms. The van der Waals surface area contributed by atoms with Crippen molar-refractivity contribution in [2.45, 2.75) is 0 Å². The van der Waals surface area contributed by atoms with Crippen molar-refractivity contribution >= 4 is 29.1 Å². The quantitative estimate of drug-likeness (QED) is 0.576. The Morgan fingerprint density at radius 1 is 0.870 bits per heavy atom. The van der Waals surface area contributed by atoms with Gasteiger partial charge in [-0.05, 0) is 36.4 Å². The Bertz CT molecular complexity index is 756. The van der Waals surface area contributed by atoms with Crippen LogP contribution >= 0.6 is 0 Å². The molecule has 0 bridgehead atoms. The third-order valence-electron chi connectivity index (χ3n) is 2.81. The SMILES string of the molecule is Nc1ccc(C(=O)NC(=O)C(=O)Nc2c(F)cccc2F)cc1. The Balaban J connectivity index is 2.04. The number of nitrogens with one attached hydrogen (secondary N) is 2. The van der Waals surface area contributed by atoms with Gasteiger partial charge in [-0.15, -0.1) is 0 Å². The molecule has 23 heavy (non-hydrogen) atoms. The van der Waals surface area contributed by atoms with Gasteiger partial charge in [0.2, 0.25) is 0 Å². The van der Waals surface area contributed by atoms with Gasteiger partial charge in [-0.25, -0.2) is 8.78 Å².